The minimum atomic E-state index is -0.703. The summed E-state index contributed by atoms with van der Waals surface area (Å²) in [6, 6.07) is 8.13. The molecular formula is C22H22ClFN4O3. The van der Waals surface area contributed by atoms with Gasteiger partial charge in [-0.05, 0) is 48.6 Å². The third kappa shape index (κ3) is 4.76. The zero-order valence-corrected chi connectivity index (χ0v) is 17.3. The molecule has 162 valence electrons. The third-order valence-electron chi connectivity index (χ3n) is 5.44. The van der Waals surface area contributed by atoms with Crippen molar-refractivity contribution in [2.75, 3.05) is 18.5 Å². The van der Waals surface area contributed by atoms with E-state index in [0.717, 1.165) is 12.8 Å². The van der Waals surface area contributed by atoms with E-state index in [1.807, 2.05) is 0 Å². The minimum Gasteiger partial charge on any atom is -0.394 e. The number of hydrogen-bond acceptors (Lipinski definition) is 6. The largest absolute Gasteiger partial charge is 0.394 e. The van der Waals surface area contributed by atoms with Crippen LogP contribution in [-0.2, 0) is 0 Å². The number of anilines is 1. The van der Waals surface area contributed by atoms with Gasteiger partial charge in [0.25, 0.3) is 5.56 Å². The first kappa shape index (κ1) is 21.4. The molecule has 1 aromatic carbocycles. The molecule has 0 saturated heterocycles. The summed E-state index contributed by atoms with van der Waals surface area (Å²) in [6.07, 6.45) is 5.29. The van der Waals surface area contributed by atoms with Crippen molar-refractivity contribution >= 4 is 17.5 Å². The zero-order chi connectivity index (χ0) is 22.0. The van der Waals surface area contributed by atoms with Gasteiger partial charge in [0.15, 0.2) is 0 Å². The number of nitrogens with zero attached hydrogens (tertiary/aromatic N) is 3. The van der Waals surface area contributed by atoms with Crippen LogP contribution in [0.2, 0.25) is 5.02 Å². The number of aliphatic hydroxyl groups excluding tert-OH is 2. The highest BCUT2D eigenvalue weighted by Crippen LogP contribution is 2.33. The fourth-order valence-corrected chi connectivity index (χ4v) is 3.74. The summed E-state index contributed by atoms with van der Waals surface area (Å²) in [6.45, 7) is -0.350. The second kappa shape index (κ2) is 9.13. The number of nitrogens with one attached hydrogen (secondary N) is 1. The summed E-state index contributed by atoms with van der Waals surface area (Å²) in [7, 11) is 0. The second-order valence-electron chi connectivity index (χ2n) is 7.57. The fourth-order valence-electron chi connectivity index (χ4n) is 3.55. The molecule has 0 aliphatic heterocycles. The van der Waals surface area contributed by atoms with E-state index >= 15 is 0 Å². The average molecular weight is 445 g/mol. The Bertz CT molecular complexity index is 1140. The fraction of sp³-hybridized carbons (Fsp3) is 0.318. The van der Waals surface area contributed by atoms with E-state index in [2.05, 4.69) is 15.3 Å². The molecular weight excluding hydrogens is 423 g/mol. The van der Waals surface area contributed by atoms with Gasteiger partial charge < -0.3 is 20.1 Å². The highest BCUT2D eigenvalue weighted by Gasteiger charge is 2.31. The molecule has 2 atom stereocenters. The monoisotopic (exact) mass is 444 g/mol. The molecule has 7 nitrogen and oxygen atoms in total. The van der Waals surface area contributed by atoms with Crippen LogP contribution in [0.1, 0.15) is 24.4 Å². The summed E-state index contributed by atoms with van der Waals surface area (Å²) in [5.41, 5.74) is 1.32. The molecule has 3 N–H and O–H groups in total. The van der Waals surface area contributed by atoms with Gasteiger partial charge in [-0.1, -0.05) is 17.7 Å². The van der Waals surface area contributed by atoms with Crippen LogP contribution in [-0.4, -0.2) is 44.0 Å². The highest BCUT2D eigenvalue weighted by molar-refractivity contribution is 6.30. The van der Waals surface area contributed by atoms with Crippen LogP contribution in [0, 0.1) is 11.7 Å². The molecule has 1 aliphatic rings. The Hall–Kier alpha value is -2.81. The summed E-state index contributed by atoms with van der Waals surface area (Å²) in [5, 5.41) is 22.5. The standard InChI is InChI=1S/C22H22ClFN4O3/c23-16-9-15(3-4-17(16)24)20(12-30)28-8-6-14(10-21(28)31)18-5-7-25-22(26-18)27-19(11-29)13-1-2-13/h3-10,13,19-20,29-30H,1-2,11-12H2,(H,25,26,27)/t19-,20?/m1/s1. The Morgan fingerprint density at radius 2 is 2.00 bits per heavy atom. The predicted octanol–water partition coefficient (Wildman–Crippen LogP) is 2.86. The molecule has 1 aliphatic carbocycles. The van der Waals surface area contributed by atoms with Crippen LogP contribution >= 0.6 is 11.6 Å². The molecule has 1 fully saturated rings. The van der Waals surface area contributed by atoms with Crippen molar-refractivity contribution in [2.45, 2.75) is 24.9 Å². The Balaban J connectivity index is 1.60. The molecule has 0 bridgehead atoms. The Morgan fingerprint density at radius 1 is 1.19 bits per heavy atom. The maximum Gasteiger partial charge on any atom is 0.251 e. The maximum absolute atomic E-state index is 13.5. The first-order chi connectivity index (χ1) is 15.0. The number of benzene rings is 1. The third-order valence-corrected chi connectivity index (χ3v) is 5.73. The number of pyridine rings is 1. The van der Waals surface area contributed by atoms with Crippen molar-refractivity contribution in [3.8, 4) is 11.3 Å². The van der Waals surface area contributed by atoms with Crippen LogP contribution < -0.4 is 10.9 Å². The molecule has 0 radical (unpaired) electrons. The van der Waals surface area contributed by atoms with Gasteiger partial charge in [0.2, 0.25) is 5.95 Å². The number of aromatic nitrogens is 3. The average Bonchev–Trinajstić information content (AvgIpc) is 3.61. The van der Waals surface area contributed by atoms with Crippen molar-refractivity contribution in [3.05, 3.63) is 75.5 Å². The maximum atomic E-state index is 13.5. The van der Waals surface area contributed by atoms with E-state index in [9.17, 15) is 19.4 Å². The quantitative estimate of drug-likeness (QED) is 0.494. The van der Waals surface area contributed by atoms with Gasteiger partial charge in [0.05, 0.1) is 36.0 Å². The second-order valence-corrected chi connectivity index (χ2v) is 7.98. The molecule has 1 unspecified atom stereocenters. The van der Waals surface area contributed by atoms with Crippen LogP contribution in [0.25, 0.3) is 11.3 Å². The molecule has 1 saturated carbocycles. The molecule has 31 heavy (non-hydrogen) atoms. The van der Waals surface area contributed by atoms with Gasteiger partial charge in [-0.3, -0.25) is 4.79 Å². The summed E-state index contributed by atoms with van der Waals surface area (Å²) < 4.78 is 14.8. The lowest BCUT2D eigenvalue weighted by molar-refractivity contribution is 0.247. The Morgan fingerprint density at radius 3 is 2.65 bits per heavy atom. The van der Waals surface area contributed by atoms with E-state index in [0.29, 0.717) is 28.7 Å². The molecule has 2 aromatic heterocycles. The highest BCUT2D eigenvalue weighted by atomic mass is 35.5. The molecule has 9 heteroatoms. The molecule has 2 heterocycles. The predicted molar refractivity (Wildman–Crippen MR) is 116 cm³/mol. The molecule has 3 aromatic rings. The first-order valence-corrected chi connectivity index (χ1v) is 10.4. The van der Waals surface area contributed by atoms with Gasteiger partial charge in [0.1, 0.15) is 5.82 Å². The summed E-state index contributed by atoms with van der Waals surface area (Å²) in [4.78, 5) is 21.5. The van der Waals surface area contributed by atoms with E-state index < -0.39 is 11.9 Å². The minimum absolute atomic E-state index is 0.00422. The van der Waals surface area contributed by atoms with Crippen molar-refractivity contribution in [3.63, 3.8) is 0 Å². The van der Waals surface area contributed by atoms with Crippen molar-refractivity contribution < 1.29 is 14.6 Å². The number of halogens is 2. The van der Waals surface area contributed by atoms with E-state index in [-0.39, 0.29) is 29.8 Å². The Labute approximate surface area is 183 Å². The van der Waals surface area contributed by atoms with Gasteiger partial charge in [0, 0.05) is 24.0 Å². The number of rotatable bonds is 8. The van der Waals surface area contributed by atoms with Gasteiger partial charge in [-0.2, -0.15) is 0 Å². The first-order valence-electron chi connectivity index (χ1n) is 9.99. The lowest BCUT2D eigenvalue weighted by Gasteiger charge is -2.19. The molecule has 0 spiro atoms. The summed E-state index contributed by atoms with van der Waals surface area (Å²) in [5.74, 6) is 0.251. The van der Waals surface area contributed by atoms with Crippen LogP contribution in [0.4, 0.5) is 10.3 Å². The van der Waals surface area contributed by atoms with Crippen LogP contribution in [0.3, 0.4) is 0 Å². The lowest BCUT2D eigenvalue weighted by atomic mass is 10.1. The van der Waals surface area contributed by atoms with Gasteiger partial charge in [-0.25, -0.2) is 14.4 Å². The zero-order valence-electron chi connectivity index (χ0n) is 16.6. The van der Waals surface area contributed by atoms with E-state index in [1.165, 1.54) is 28.8 Å². The van der Waals surface area contributed by atoms with E-state index in [1.54, 1.807) is 24.5 Å². The normalized spacial score (nSPS) is 15.5. The van der Waals surface area contributed by atoms with Gasteiger partial charge in [-0.15, -0.1) is 0 Å². The lowest BCUT2D eigenvalue weighted by Crippen LogP contribution is -2.27. The van der Waals surface area contributed by atoms with E-state index in [4.69, 9.17) is 11.6 Å². The molecule has 4 rings (SSSR count). The SMILES string of the molecule is O=c1cc(-c2ccnc(N[C@H](CO)C3CC3)n2)ccn1C(CO)c1ccc(F)c(Cl)c1. The van der Waals surface area contributed by atoms with Crippen molar-refractivity contribution in [1.29, 1.82) is 0 Å². The van der Waals surface area contributed by atoms with Crippen molar-refractivity contribution in [2.24, 2.45) is 5.92 Å². The molecule has 0 amide bonds. The smallest absolute Gasteiger partial charge is 0.251 e. The number of aliphatic hydroxyl groups is 2. The summed E-state index contributed by atoms with van der Waals surface area (Å²) >= 11 is 5.85. The van der Waals surface area contributed by atoms with Crippen LogP contribution in [0.15, 0.2) is 53.6 Å². The van der Waals surface area contributed by atoms with Crippen molar-refractivity contribution in [1.82, 2.24) is 14.5 Å². The van der Waals surface area contributed by atoms with Gasteiger partial charge >= 0.3 is 0 Å². The van der Waals surface area contributed by atoms with Crippen LogP contribution in [0.5, 0.6) is 0 Å². The number of hydrogen-bond donors (Lipinski definition) is 3. The Kier molecular flexibility index (Phi) is 6.31. The topological polar surface area (TPSA) is 100 Å².